The quantitative estimate of drug-likeness (QED) is 0.683. The lowest BCUT2D eigenvalue weighted by atomic mass is 9.86. The molecule has 1 rings (SSSR count). The molecule has 0 saturated carbocycles. The summed E-state index contributed by atoms with van der Waals surface area (Å²) in [7, 11) is 0. The molecule has 0 amide bonds. The van der Waals surface area contributed by atoms with Crippen molar-refractivity contribution in [3.05, 3.63) is 11.7 Å². The summed E-state index contributed by atoms with van der Waals surface area (Å²) in [6, 6.07) is 0. The maximum atomic E-state index is 13.0. The van der Waals surface area contributed by atoms with Crippen molar-refractivity contribution in [3.63, 3.8) is 0 Å². The van der Waals surface area contributed by atoms with Crippen LogP contribution in [0.15, 0.2) is 11.7 Å². The van der Waals surface area contributed by atoms with E-state index in [9.17, 15) is 8.78 Å². The molecular weight excluding hydrogens is 244 g/mol. The number of hydrogen-bond donors (Lipinski definition) is 0. The highest BCUT2D eigenvalue weighted by atomic mass is 35.5. The van der Waals surface area contributed by atoms with Crippen molar-refractivity contribution in [1.29, 1.82) is 0 Å². The van der Waals surface area contributed by atoms with E-state index in [0.29, 0.717) is 30.8 Å². The fraction of sp³-hybridized carbons (Fsp3) is 0.846. The third kappa shape index (κ3) is 3.00. The fourth-order valence-corrected chi connectivity index (χ4v) is 3.11. The Morgan fingerprint density at radius 1 is 1.41 bits per heavy atom. The molecule has 0 aromatic heterocycles. The van der Waals surface area contributed by atoms with E-state index in [2.05, 4.69) is 25.7 Å². The molecule has 0 N–H and O–H groups in total. The Bertz CT molecular complexity index is 305. The number of nitrogens with zero attached hydrogens (tertiary/aromatic N) is 1. The van der Waals surface area contributed by atoms with Crippen molar-refractivity contribution in [2.24, 2.45) is 0 Å². The van der Waals surface area contributed by atoms with Gasteiger partial charge in [-0.15, -0.1) is 11.6 Å². The van der Waals surface area contributed by atoms with Gasteiger partial charge in [-0.3, -0.25) is 4.90 Å². The lowest BCUT2D eigenvalue weighted by Gasteiger charge is -2.44. The highest BCUT2D eigenvalue weighted by molar-refractivity contribution is 6.17. The van der Waals surface area contributed by atoms with Crippen LogP contribution in [0.25, 0.3) is 0 Å². The maximum Gasteiger partial charge on any atom is 0.271 e. The summed E-state index contributed by atoms with van der Waals surface area (Å²) in [5.74, 6) is 0.523. The zero-order valence-corrected chi connectivity index (χ0v) is 11.9. The maximum absolute atomic E-state index is 13.0. The van der Waals surface area contributed by atoms with E-state index in [1.165, 1.54) is 0 Å². The molecule has 17 heavy (non-hydrogen) atoms. The van der Waals surface area contributed by atoms with Gasteiger partial charge in [-0.05, 0) is 47.0 Å². The van der Waals surface area contributed by atoms with Gasteiger partial charge in [0.05, 0.1) is 0 Å². The molecule has 0 radical (unpaired) electrons. The molecule has 0 aromatic rings. The van der Waals surface area contributed by atoms with Crippen LogP contribution in [0.3, 0.4) is 0 Å². The van der Waals surface area contributed by atoms with Crippen molar-refractivity contribution in [1.82, 2.24) is 4.90 Å². The Labute approximate surface area is 108 Å². The fourth-order valence-electron chi connectivity index (χ4n) is 2.97. The molecule has 0 aromatic carbocycles. The molecule has 0 bridgehead atoms. The van der Waals surface area contributed by atoms with Crippen molar-refractivity contribution in [2.45, 2.75) is 58.0 Å². The van der Waals surface area contributed by atoms with Gasteiger partial charge in [0, 0.05) is 29.1 Å². The van der Waals surface area contributed by atoms with E-state index >= 15 is 0 Å². The summed E-state index contributed by atoms with van der Waals surface area (Å²) >= 11 is 5.71. The van der Waals surface area contributed by atoms with Gasteiger partial charge in [0.1, 0.15) is 0 Å². The first kappa shape index (κ1) is 14.9. The molecule has 1 aliphatic rings. The zero-order valence-electron chi connectivity index (χ0n) is 11.1. The number of halogens is 3. The number of hydrogen-bond acceptors (Lipinski definition) is 1. The predicted octanol–water partition coefficient (Wildman–Crippen LogP) is 4.42. The summed E-state index contributed by atoms with van der Waals surface area (Å²) in [6.07, 6.45) is 0.425. The van der Waals surface area contributed by atoms with E-state index in [0.717, 1.165) is 6.42 Å². The Morgan fingerprint density at radius 3 is 2.41 bits per heavy atom. The summed E-state index contributed by atoms with van der Waals surface area (Å²) < 4.78 is 26.1. The summed E-state index contributed by atoms with van der Waals surface area (Å²) in [5, 5.41) is 0. The van der Waals surface area contributed by atoms with Gasteiger partial charge in [0.15, 0.2) is 0 Å². The molecule has 0 aliphatic carbocycles. The van der Waals surface area contributed by atoms with Crippen LogP contribution in [0, 0.1) is 0 Å². The van der Waals surface area contributed by atoms with Crippen LogP contribution >= 0.6 is 11.6 Å². The molecule has 1 atom stereocenters. The Balaban J connectivity index is 3.07. The van der Waals surface area contributed by atoms with Crippen LogP contribution in [0.1, 0.15) is 47.0 Å². The van der Waals surface area contributed by atoms with E-state index in [1.807, 2.05) is 6.92 Å². The topological polar surface area (TPSA) is 3.24 Å². The Kier molecular flexibility index (Phi) is 4.59. The lowest BCUT2D eigenvalue weighted by Crippen LogP contribution is -2.52. The van der Waals surface area contributed by atoms with Crippen molar-refractivity contribution < 1.29 is 8.78 Å². The minimum atomic E-state index is -1.51. The smallest absolute Gasteiger partial charge is 0.271 e. The first-order chi connectivity index (χ1) is 7.73. The standard InChI is InChI=1S/C13H22ClF2N/c1-12(2,3)17-9-6-10(11(15)16)13(17,4)7-5-8-14/h5-9H2,1-4H3. The van der Waals surface area contributed by atoms with Crippen LogP contribution in [0.2, 0.25) is 0 Å². The third-order valence-electron chi connectivity index (χ3n) is 3.67. The van der Waals surface area contributed by atoms with Gasteiger partial charge in [-0.2, -0.15) is 8.78 Å². The molecule has 1 aliphatic heterocycles. The van der Waals surface area contributed by atoms with Crippen LogP contribution < -0.4 is 0 Å². The number of likely N-dealkylation sites (tertiary alicyclic amines) is 1. The second-order valence-electron chi connectivity index (χ2n) is 5.88. The van der Waals surface area contributed by atoms with Gasteiger partial charge in [-0.25, -0.2) is 0 Å². The molecule has 100 valence electrons. The van der Waals surface area contributed by atoms with Crippen LogP contribution in [-0.2, 0) is 0 Å². The first-order valence-electron chi connectivity index (χ1n) is 6.12. The second kappa shape index (κ2) is 5.23. The van der Waals surface area contributed by atoms with Crippen LogP contribution in [-0.4, -0.2) is 28.4 Å². The molecule has 1 nitrogen and oxygen atoms in total. The summed E-state index contributed by atoms with van der Waals surface area (Å²) in [5.41, 5.74) is -0.331. The van der Waals surface area contributed by atoms with E-state index in [-0.39, 0.29) is 5.54 Å². The normalized spacial score (nSPS) is 26.6. The molecule has 0 spiro atoms. The Hall–Kier alpha value is -0.150. The monoisotopic (exact) mass is 265 g/mol. The minimum absolute atomic E-state index is 0.0989. The van der Waals surface area contributed by atoms with Crippen LogP contribution in [0.4, 0.5) is 8.78 Å². The van der Waals surface area contributed by atoms with Crippen LogP contribution in [0.5, 0.6) is 0 Å². The lowest BCUT2D eigenvalue weighted by molar-refractivity contribution is 0.0626. The third-order valence-corrected chi connectivity index (χ3v) is 3.93. The molecule has 1 fully saturated rings. The largest absolute Gasteiger partial charge is 0.289 e. The molecule has 4 heteroatoms. The first-order valence-corrected chi connectivity index (χ1v) is 6.65. The highest BCUT2D eigenvalue weighted by Gasteiger charge is 2.46. The molecule has 1 saturated heterocycles. The molecule has 1 heterocycles. The summed E-state index contributed by atoms with van der Waals surface area (Å²) in [4.78, 5) is 2.18. The van der Waals surface area contributed by atoms with Gasteiger partial charge in [0.2, 0.25) is 0 Å². The predicted molar refractivity (Wildman–Crippen MR) is 68.7 cm³/mol. The minimum Gasteiger partial charge on any atom is -0.289 e. The second-order valence-corrected chi connectivity index (χ2v) is 6.26. The average molecular weight is 266 g/mol. The molecular formula is C13H22ClF2N. The van der Waals surface area contributed by atoms with E-state index in [4.69, 9.17) is 11.6 Å². The van der Waals surface area contributed by atoms with E-state index < -0.39 is 11.6 Å². The van der Waals surface area contributed by atoms with E-state index in [1.54, 1.807) is 0 Å². The van der Waals surface area contributed by atoms with Gasteiger partial charge >= 0.3 is 0 Å². The van der Waals surface area contributed by atoms with Crippen molar-refractivity contribution in [3.8, 4) is 0 Å². The van der Waals surface area contributed by atoms with Gasteiger partial charge in [-0.1, -0.05) is 0 Å². The van der Waals surface area contributed by atoms with Crippen molar-refractivity contribution >= 4 is 11.6 Å². The SMILES string of the molecule is CC(C)(C)N1CCC(=C(F)F)C1(C)CCCCl. The van der Waals surface area contributed by atoms with Crippen molar-refractivity contribution in [2.75, 3.05) is 12.4 Å². The molecule has 1 unspecified atom stereocenters. The Morgan fingerprint density at radius 2 is 2.00 bits per heavy atom. The van der Waals surface area contributed by atoms with Gasteiger partial charge < -0.3 is 0 Å². The number of alkyl halides is 1. The number of rotatable bonds is 3. The summed E-state index contributed by atoms with van der Waals surface area (Å²) in [6.45, 7) is 8.85. The van der Waals surface area contributed by atoms with Gasteiger partial charge in [0.25, 0.3) is 6.08 Å². The highest BCUT2D eigenvalue weighted by Crippen LogP contribution is 2.44. The zero-order chi connectivity index (χ0) is 13.3. The average Bonchev–Trinajstić information content (AvgIpc) is 2.53.